The maximum absolute atomic E-state index is 14.4. The molecule has 34 heavy (non-hydrogen) atoms. The van der Waals surface area contributed by atoms with E-state index in [-0.39, 0.29) is 34.1 Å². The molecule has 0 fully saturated rings. The summed E-state index contributed by atoms with van der Waals surface area (Å²) in [6.45, 7) is 5.43. The summed E-state index contributed by atoms with van der Waals surface area (Å²) in [6.07, 6.45) is 0. The highest BCUT2D eigenvalue weighted by Gasteiger charge is 2.29. The fraction of sp³-hybridized carbons (Fsp3) is 0.304. The molecule has 0 radical (unpaired) electrons. The van der Waals surface area contributed by atoms with Crippen molar-refractivity contribution in [1.82, 2.24) is 20.5 Å². The highest BCUT2D eigenvalue weighted by Crippen LogP contribution is 2.38. The number of para-hydroxylation sites is 1. The molecule has 6 N–H and O–H groups in total. The summed E-state index contributed by atoms with van der Waals surface area (Å²) in [5, 5.41) is 26.6. The summed E-state index contributed by atoms with van der Waals surface area (Å²) in [7, 11) is 1.57. The van der Waals surface area contributed by atoms with Crippen LogP contribution >= 0.6 is 0 Å². The fourth-order valence-corrected chi connectivity index (χ4v) is 3.98. The van der Waals surface area contributed by atoms with Gasteiger partial charge in [-0.2, -0.15) is 4.98 Å². The van der Waals surface area contributed by atoms with E-state index in [1.165, 1.54) is 23.8 Å². The Morgan fingerprint density at radius 2 is 2.09 bits per heavy atom. The molecule has 1 amide bonds. The standard InChI is InChI=1S/C23H26FN7O3/c1-23(2)11-26-9-13-7-16(17(34-3)8-14(13)23)27-22-29-21(19(20(25)33)30-31-22)28-18-12(10-32)5-4-6-15(18)24/h4-8,26,32H,9-11H2,1-3H3,(H2,25,33)(H2,27,28,29,31). The minimum atomic E-state index is -0.893. The van der Waals surface area contributed by atoms with Crippen LogP contribution in [0.15, 0.2) is 30.3 Å². The van der Waals surface area contributed by atoms with Gasteiger partial charge >= 0.3 is 0 Å². The van der Waals surface area contributed by atoms with Gasteiger partial charge in [0.2, 0.25) is 5.95 Å². The molecule has 178 valence electrons. The number of anilines is 4. The first-order chi connectivity index (χ1) is 16.2. The molecule has 0 atom stereocenters. The molecule has 0 unspecified atom stereocenters. The normalized spacial score (nSPS) is 14.3. The van der Waals surface area contributed by atoms with Gasteiger partial charge in [0.05, 0.1) is 25.1 Å². The number of benzene rings is 2. The Balaban J connectivity index is 1.73. The zero-order valence-corrected chi connectivity index (χ0v) is 19.1. The number of ether oxygens (including phenoxy) is 1. The second kappa shape index (κ2) is 9.20. The second-order valence-electron chi connectivity index (χ2n) is 8.58. The van der Waals surface area contributed by atoms with Crippen molar-refractivity contribution in [1.29, 1.82) is 0 Å². The largest absolute Gasteiger partial charge is 0.495 e. The Morgan fingerprint density at radius 3 is 2.79 bits per heavy atom. The number of carbonyl (C=O) groups is 1. The lowest BCUT2D eigenvalue weighted by atomic mass is 9.79. The molecule has 1 aliphatic heterocycles. The van der Waals surface area contributed by atoms with Crippen molar-refractivity contribution >= 4 is 29.0 Å². The quantitative estimate of drug-likeness (QED) is 0.353. The Kier molecular flexibility index (Phi) is 6.31. The number of carbonyl (C=O) groups excluding carboxylic acids is 1. The molecule has 10 nitrogen and oxygen atoms in total. The summed E-state index contributed by atoms with van der Waals surface area (Å²) in [4.78, 5) is 16.2. The topological polar surface area (TPSA) is 147 Å². The van der Waals surface area contributed by atoms with Crippen LogP contribution in [0.25, 0.3) is 0 Å². The van der Waals surface area contributed by atoms with Gasteiger partial charge in [0.1, 0.15) is 11.6 Å². The Hall–Kier alpha value is -3.83. The molecular formula is C23H26FN7O3. The zero-order chi connectivity index (χ0) is 24.5. The van der Waals surface area contributed by atoms with Crippen LogP contribution < -0.4 is 26.4 Å². The summed E-state index contributed by atoms with van der Waals surface area (Å²) < 4.78 is 20.0. The molecular weight excluding hydrogens is 441 g/mol. The number of halogens is 1. The first-order valence-corrected chi connectivity index (χ1v) is 10.6. The molecule has 0 aliphatic carbocycles. The van der Waals surface area contributed by atoms with Crippen LogP contribution in [-0.2, 0) is 18.6 Å². The average molecular weight is 468 g/mol. The number of methoxy groups -OCH3 is 1. The molecule has 0 spiro atoms. The van der Waals surface area contributed by atoms with E-state index in [4.69, 9.17) is 10.5 Å². The van der Waals surface area contributed by atoms with Crippen LogP contribution in [0.5, 0.6) is 5.75 Å². The lowest BCUT2D eigenvalue weighted by Gasteiger charge is -2.34. The minimum absolute atomic E-state index is 0.0377. The van der Waals surface area contributed by atoms with E-state index in [0.717, 1.165) is 12.1 Å². The van der Waals surface area contributed by atoms with Crippen LogP contribution in [0.2, 0.25) is 0 Å². The van der Waals surface area contributed by atoms with Gasteiger partial charge in [-0.25, -0.2) is 4.39 Å². The first kappa shape index (κ1) is 23.3. The Labute approximate surface area is 195 Å². The van der Waals surface area contributed by atoms with E-state index < -0.39 is 18.3 Å². The Morgan fingerprint density at radius 1 is 1.29 bits per heavy atom. The van der Waals surface area contributed by atoms with E-state index in [1.807, 2.05) is 12.1 Å². The Bertz CT molecular complexity index is 1250. The van der Waals surface area contributed by atoms with Crippen LogP contribution in [0.4, 0.5) is 27.5 Å². The van der Waals surface area contributed by atoms with Crippen molar-refractivity contribution in [3.63, 3.8) is 0 Å². The average Bonchev–Trinajstić information content (AvgIpc) is 2.80. The number of hydrogen-bond acceptors (Lipinski definition) is 9. The van der Waals surface area contributed by atoms with E-state index in [9.17, 15) is 14.3 Å². The van der Waals surface area contributed by atoms with Crippen molar-refractivity contribution in [3.05, 3.63) is 58.5 Å². The van der Waals surface area contributed by atoms with Crippen LogP contribution in [0, 0.1) is 5.82 Å². The van der Waals surface area contributed by atoms with Gasteiger partial charge in [-0.15, -0.1) is 10.2 Å². The fourth-order valence-electron chi connectivity index (χ4n) is 3.98. The number of aromatic nitrogens is 3. The number of amides is 1. The van der Waals surface area contributed by atoms with Crippen molar-refractivity contribution < 1.29 is 19.0 Å². The zero-order valence-electron chi connectivity index (χ0n) is 19.1. The molecule has 0 bridgehead atoms. The van der Waals surface area contributed by atoms with E-state index in [2.05, 4.69) is 45.0 Å². The molecule has 11 heteroatoms. The van der Waals surface area contributed by atoms with Gasteiger partial charge in [0, 0.05) is 24.1 Å². The number of fused-ring (bicyclic) bond motifs is 1. The first-order valence-electron chi connectivity index (χ1n) is 10.6. The van der Waals surface area contributed by atoms with Crippen LogP contribution in [0.1, 0.15) is 41.0 Å². The number of nitrogens with zero attached hydrogens (tertiary/aromatic N) is 3. The number of nitrogens with one attached hydrogen (secondary N) is 3. The third kappa shape index (κ3) is 4.47. The summed E-state index contributed by atoms with van der Waals surface area (Å²) in [5.41, 5.74) is 8.17. The molecule has 0 saturated carbocycles. The SMILES string of the molecule is COc1cc2c(cc1Nc1nnc(C(N)=O)c(Nc3c(F)cccc3CO)n1)CNCC2(C)C. The highest BCUT2D eigenvalue weighted by atomic mass is 19.1. The van der Waals surface area contributed by atoms with Crippen molar-refractivity contribution in [2.24, 2.45) is 5.73 Å². The molecule has 1 aromatic heterocycles. The summed E-state index contributed by atoms with van der Waals surface area (Å²) in [5.74, 6) is -1.01. The molecule has 2 heterocycles. The molecule has 3 aromatic rings. The van der Waals surface area contributed by atoms with Crippen molar-refractivity contribution in [2.45, 2.75) is 32.4 Å². The predicted octanol–water partition coefficient (Wildman–Crippen LogP) is 2.48. The van der Waals surface area contributed by atoms with Gasteiger partial charge < -0.3 is 31.5 Å². The molecule has 1 aliphatic rings. The smallest absolute Gasteiger partial charge is 0.273 e. The monoisotopic (exact) mass is 467 g/mol. The predicted molar refractivity (Wildman–Crippen MR) is 125 cm³/mol. The van der Waals surface area contributed by atoms with Gasteiger partial charge in [-0.05, 0) is 29.3 Å². The van der Waals surface area contributed by atoms with Crippen LogP contribution in [-0.4, -0.2) is 39.8 Å². The third-order valence-electron chi connectivity index (χ3n) is 5.72. The van der Waals surface area contributed by atoms with Gasteiger partial charge in [-0.1, -0.05) is 26.0 Å². The number of nitrogens with two attached hydrogens (primary N) is 1. The number of hydrogen-bond donors (Lipinski definition) is 5. The number of rotatable bonds is 7. The van der Waals surface area contributed by atoms with E-state index in [0.29, 0.717) is 18.0 Å². The summed E-state index contributed by atoms with van der Waals surface area (Å²) in [6, 6.07) is 8.14. The van der Waals surface area contributed by atoms with E-state index in [1.54, 1.807) is 7.11 Å². The molecule has 0 saturated heterocycles. The van der Waals surface area contributed by atoms with Crippen LogP contribution in [0.3, 0.4) is 0 Å². The van der Waals surface area contributed by atoms with Crippen molar-refractivity contribution in [3.8, 4) is 5.75 Å². The number of aliphatic hydroxyl groups excluding tert-OH is 1. The lowest BCUT2D eigenvalue weighted by Crippen LogP contribution is -2.38. The molecule has 4 rings (SSSR count). The van der Waals surface area contributed by atoms with Gasteiger partial charge in [0.25, 0.3) is 5.91 Å². The van der Waals surface area contributed by atoms with Crippen molar-refractivity contribution in [2.75, 3.05) is 24.3 Å². The second-order valence-corrected chi connectivity index (χ2v) is 8.58. The highest BCUT2D eigenvalue weighted by molar-refractivity contribution is 5.96. The minimum Gasteiger partial charge on any atom is -0.495 e. The maximum atomic E-state index is 14.4. The third-order valence-corrected chi connectivity index (χ3v) is 5.72. The number of aliphatic hydroxyl groups is 1. The van der Waals surface area contributed by atoms with Gasteiger partial charge in [-0.3, -0.25) is 4.79 Å². The lowest BCUT2D eigenvalue weighted by molar-refractivity contribution is 0.0995. The maximum Gasteiger partial charge on any atom is 0.273 e. The van der Waals surface area contributed by atoms with Gasteiger partial charge in [0.15, 0.2) is 11.5 Å². The van der Waals surface area contributed by atoms with E-state index >= 15 is 0 Å². The number of primary amides is 1. The molecule has 2 aromatic carbocycles. The summed E-state index contributed by atoms with van der Waals surface area (Å²) >= 11 is 0.